The highest BCUT2D eigenvalue weighted by Gasteiger charge is 2.30. The molecule has 0 radical (unpaired) electrons. The summed E-state index contributed by atoms with van der Waals surface area (Å²) in [4.78, 5) is 0. The number of ether oxygens (including phenoxy) is 2. The van der Waals surface area contributed by atoms with E-state index in [2.05, 4.69) is 12.2 Å². The van der Waals surface area contributed by atoms with Gasteiger partial charge in [0.05, 0.1) is 24.8 Å². The standard InChI is InChI=1S/C24H23F2NO2/c1-2-14-28-19-12-10-17(11-13-19)16-6-8-18(9-7-16)22-15-29-24(27-22)23-20(25)4-3-5-21(23)26/h3-13,22,24,27H,2,14-15H2,1H3. The lowest BCUT2D eigenvalue weighted by Gasteiger charge is -2.14. The molecule has 0 bridgehead atoms. The molecule has 29 heavy (non-hydrogen) atoms. The van der Waals surface area contributed by atoms with E-state index >= 15 is 0 Å². The van der Waals surface area contributed by atoms with Crippen molar-refractivity contribution in [3.05, 3.63) is 89.5 Å². The molecule has 0 amide bonds. The lowest BCUT2D eigenvalue weighted by Crippen LogP contribution is -2.20. The topological polar surface area (TPSA) is 30.5 Å². The van der Waals surface area contributed by atoms with Crippen molar-refractivity contribution < 1.29 is 18.3 Å². The number of hydrogen-bond donors (Lipinski definition) is 1. The van der Waals surface area contributed by atoms with Crippen molar-refractivity contribution in [3.63, 3.8) is 0 Å². The van der Waals surface area contributed by atoms with Crippen LogP contribution in [0.4, 0.5) is 8.78 Å². The van der Waals surface area contributed by atoms with Gasteiger partial charge in [-0.2, -0.15) is 0 Å². The van der Waals surface area contributed by atoms with E-state index in [1.165, 1.54) is 18.2 Å². The highest BCUT2D eigenvalue weighted by atomic mass is 19.1. The zero-order valence-corrected chi connectivity index (χ0v) is 16.2. The molecule has 4 rings (SSSR count). The maximum atomic E-state index is 14.0. The minimum atomic E-state index is -0.795. The molecule has 0 aromatic heterocycles. The van der Waals surface area contributed by atoms with E-state index < -0.39 is 17.9 Å². The summed E-state index contributed by atoms with van der Waals surface area (Å²) in [7, 11) is 0. The Kier molecular flexibility index (Phi) is 5.88. The molecule has 0 spiro atoms. The Morgan fingerprint density at radius 3 is 2.17 bits per heavy atom. The molecular formula is C24H23F2NO2. The van der Waals surface area contributed by atoms with E-state index in [1.54, 1.807) is 0 Å². The van der Waals surface area contributed by atoms with Gasteiger partial charge in [-0.3, -0.25) is 5.32 Å². The molecule has 1 saturated heterocycles. The number of hydrogen-bond acceptors (Lipinski definition) is 3. The summed E-state index contributed by atoms with van der Waals surface area (Å²) in [5.41, 5.74) is 3.13. The normalized spacial score (nSPS) is 18.7. The van der Waals surface area contributed by atoms with Crippen molar-refractivity contribution in [2.24, 2.45) is 0 Å². The van der Waals surface area contributed by atoms with Gasteiger partial charge in [0.25, 0.3) is 0 Å². The van der Waals surface area contributed by atoms with Gasteiger partial charge >= 0.3 is 0 Å². The van der Waals surface area contributed by atoms with E-state index in [0.717, 1.165) is 28.9 Å². The van der Waals surface area contributed by atoms with E-state index in [9.17, 15) is 8.78 Å². The molecule has 3 aromatic carbocycles. The fourth-order valence-electron chi connectivity index (χ4n) is 3.46. The van der Waals surface area contributed by atoms with Crippen molar-refractivity contribution >= 4 is 0 Å². The second-order valence-electron chi connectivity index (χ2n) is 7.06. The van der Waals surface area contributed by atoms with Crippen LogP contribution in [0.2, 0.25) is 0 Å². The van der Waals surface area contributed by atoms with Gasteiger partial charge < -0.3 is 9.47 Å². The zero-order valence-electron chi connectivity index (χ0n) is 16.2. The largest absolute Gasteiger partial charge is 0.494 e. The minimum Gasteiger partial charge on any atom is -0.494 e. The third-order valence-corrected chi connectivity index (χ3v) is 5.02. The van der Waals surface area contributed by atoms with Crippen LogP contribution in [0.25, 0.3) is 11.1 Å². The van der Waals surface area contributed by atoms with Gasteiger partial charge in [0.15, 0.2) is 0 Å². The molecule has 1 aliphatic rings. The third kappa shape index (κ3) is 4.31. The first-order valence-electron chi connectivity index (χ1n) is 9.80. The summed E-state index contributed by atoms with van der Waals surface area (Å²) < 4.78 is 39.2. The van der Waals surface area contributed by atoms with Crippen molar-refractivity contribution in [2.75, 3.05) is 13.2 Å². The van der Waals surface area contributed by atoms with Crippen LogP contribution in [0.15, 0.2) is 66.7 Å². The van der Waals surface area contributed by atoms with Crippen molar-refractivity contribution in [1.29, 1.82) is 0 Å². The average molecular weight is 395 g/mol. The van der Waals surface area contributed by atoms with Gasteiger partial charge in [0.1, 0.15) is 23.6 Å². The smallest absolute Gasteiger partial charge is 0.140 e. The first-order chi connectivity index (χ1) is 14.2. The molecule has 1 fully saturated rings. The second-order valence-corrected chi connectivity index (χ2v) is 7.06. The van der Waals surface area contributed by atoms with E-state index in [0.29, 0.717) is 13.2 Å². The Morgan fingerprint density at radius 2 is 1.55 bits per heavy atom. The molecule has 3 nitrogen and oxygen atoms in total. The predicted octanol–water partition coefficient (Wildman–Crippen LogP) is 5.78. The van der Waals surface area contributed by atoms with E-state index in [4.69, 9.17) is 9.47 Å². The molecule has 1 N–H and O–H groups in total. The molecule has 0 saturated carbocycles. The fraction of sp³-hybridized carbons (Fsp3) is 0.250. The Balaban J connectivity index is 1.45. The van der Waals surface area contributed by atoms with Gasteiger partial charge in [0.2, 0.25) is 0 Å². The number of halogens is 2. The summed E-state index contributed by atoms with van der Waals surface area (Å²) in [6.07, 6.45) is 0.184. The Labute approximate surface area is 169 Å². The second kappa shape index (κ2) is 8.72. The third-order valence-electron chi connectivity index (χ3n) is 5.02. The SMILES string of the molecule is CCCOc1ccc(-c2ccc(C3COC(c4c(F)cccc4F)N3)cc2)cc1. The highest BCUT2D eigenvalue weighted by molar-refractivity contribution is 5.64. The maximum absolute atomic E-state index is 14.0. The predicted molar refractivity (Wildman–Crippen MR) is 109 cm³/mol. The lowest BCUT2D eigenvalue weighted by molar-refractivity contribution is 0.0944. The van der Waals surface area contributed by atoms with Crippen LogP contribution in [-0.2, 0) is 4.74 Å². The van der Waals surface area contributed by atoms with Gasteiger partial charge in [-0.1, -0.05) is 49.4 Å². The maximum Gasteiger partial charge on any atom is 0.140 e. The summed E-state index contributed by atoms with van der Waals surface area (Å²) in [5, 5.41) is 3.17. The van der Waals surface area contributed by atoms with Crippen LogP contribution in [-0.4, -0.2) is 13.2 Å². The Morgan fingerprint density at radius 1 is 0.931 bits per heavy atom. The van der Waals surface area contributed by atoms with E-state index in [1.807, 2.05) is 48.5 Å². The van der Waals surface area contributed by atoms with Gasteiger partial charge in [-0.15, -0.1) is 0 Å². The van der Waals surface area contributed by atoms with Crippen molar-refractivity contribution in [3.8, 4) is 16.9 Å². The monoisotopic (exact) mass is 395 g/mol. The quantitative estimate of drug-likeness (QED) is 0.574. The molecule has 5 heteroatoms. The molecule has 2 atom stereocenters. The molecular weight excluding hydrogens is 372 g/mol. The Hall–Kier alpha value is -2.76. The van der Waals surface area contributed by atoms with Crippen LogP contribution in [0, 0.1) is 11.6 Å². The fourth-order valence-corrected chi connectivity index (χ4v) is 3.46. The number of nitrogens with one attached hydrogen (secondary N) is 1. The van der Waals surface area contributed by atoms with Crippen LogP contribution in [0.1, 0.15) is 36.7 Å². The zero-order chi connectivity index (χ0) is 20.2. The first kappa shape index (κ1) is 19.6. The Bertz CT molecular complexity index is 937. The summed E-state index contributed by atoms with van der Waals surface area (Å²) in [6.45, 7) is 3.14. The van der Waals surface area contributed by atoms with Crippen LogP contribution < -0.4 is 10.1 Å². The van der Waals surface area contributed by atoms with Crippen LogP contribution >= 0.6 is 0 Å². The number of benzene rings is 3. The minimum absolute atomic E-state index is 0.0722. The molecule has 1 aliphatic heterocycles. The van der Waals surface area contributed by atoms with Crippen molar-refractivity contribution in [2.45, 2.75) is 25.6 Å². The van der Waals surface area contributed by atoms with Gasteiger partial charge in [-0.25, -0.2) is 8.78 Å². The van der Waals surface area contributed by atoms with Crippen LogP contribution in [0.5, 0.6) is 5.75 Å². The van der Waals surface area contributed by atoms with Crippen LogP contribution in [0.3, 0.4) is 0 Å². The summed E-state index contributed by atoms with van der Waals surface area (Å²) in [6, 6.07) is 19.8. The molecule has 150 valence electrons. The highest BCUT2D eigenvalue weighted by Crippen LogP contribution is 2.32. The summed E-state index contributed by atoms with van der Waals surface area (Å²) in [5.74, 6) is -0.347. The molecule has 0 aliphatic carbocycles. The molecule has 1 heterocycles. The average Bonchev–Trinajstić information content (AvgIpc) is 3.22. The van der Waals surface area contributed by atoms with E-state index in [-0.39, 0.29) is 11.6 Å². The lowest BCUT2D eigenvalue weighted by atomic mass is 10.0. The molecule has 2 unspecified atom stereocenters. The van der Waals surface area contributed by atoms with Gasteiger partial charge in [-0.05, 0) is 47.4 Å². The summed E-state index contributed by atoms with van der Waals surface area (Å²) >= 11 is 0. The molecule has 3 aromatic rings. The first-order valence-corrected chi connectivity index (χ1v) is 9.80. The van der Waals surface area contributed by atoms with Gasteiger partial charge in [0, 0.05) is 0 Å². The number of rotatable bonds is 6. The van der Waals surface area contributed by atoms with Crippen molar-refractivity contribution in [1.82, 2.24) is 5.32 Å².